The highest BCUT2D eigenvalue weighted by atomic mass is 127. The Kier molecular flexibility index (Phi) is 10.7. The van der Waals surface area contributed by atoms with Crippen molar-refractivity contribution in [2.75, 3.05) is 51.1 Å². The van der Waals surface area contributed by atoms with Crippen LogP contribution in [0.1, 0.15) is 5.56 Å². The molecule has 0 aromatic heterocycles. The monoisotopic (exact) mass is 514 g/mol. The molecular formula is C16H27IN4O3S2. The lowest BCUT2D eigenvalue weighted by molar-refractivity contribution is 0.409. The van der Waals surface area contributed by atoms with E-state index in [9.17, 15) is 8.42 Å². The molecule has 1 fully saturated rings. The maximum absolute atomic E-state index is 12.3. The molecule has 0 atom stereocenters. The second-order valence-corrected chi connectivity index (χ2v) is 8.81. The predicted octanol–water partition coefficient (Wildman–Crippen LogP) is 1.36. The van der Waals surface area contributed by atoms with Crippen LogP contribution in [-0.2, 0) is 16.6 Å². The van der Waals surface area contributed by atoms with Gasteiger partial charge in [0, 0.05) is 50.3 Å². The first-order valence-electron chi connectivity index (χ1n) is 8.19. The molecule has 10 heteroatoms. The molecule has 1 heterocycles. The van der Waals surface area contributed by atoms with E-state index in [1.165, 1.54) is 0 Å². The van der Waals surface area contributed by atoms with Crippen LogP contribution in [0, 0.1) is 0 Å². The molecule has 0 saturated carbocycles. The molecule has 148 valence electrons. The fourth-order valence-electron chi connectivity index (χ4n) is 2.50. The number of guanidine groups is 1. The van der Waals surface area contributed by atoms with E-state index >= 15 is 0 Å². The molecule has 2 rings (SSSR count). The number of aliphatic imine (C=N–C) groups is 1. The Morgan fingerprint density at radius 2 is 1.96 bits per heavy atom. The van der Waals surface area contributed by atoms with Crippen LogP contribution in [0.3, 0.4) is 0 Å². The molecule has 0 aliphatic carbocycles. The Hall–Kier alpha value is -0.720. The zero-order chi connectivity index (χ0) is 18.1. The van der Waals surface area contributed by atoms with Crippen molar-refractivity contribution in [1.82, 2.24) is 14.9 Å². The lowest BCUT2D eigenvalue weighted by atomic mass is 10.2. The third-order valence-electron chi connectivity index (χ3n) is 3.88. The number of rotatable bonds is 7. The summed E-state index contributed by atoms with van der Waals surface area (Å²) in [6.45, 7) is 2.07. The summed E-state index contributed by atoms with van der Waals surface area (Å²) in [7, 11) is 0.0851. The molecule has 1 aliphatic heterocycles. The largest absolute Gasteiger partial charge is 0.496 e. The SMILES string of the molecule is CN=C(NCCS(=O)(=O)N1CCSCC1)NCc1ccccc1OC.I. The standard InChI is InChI=1S/C16H26N4O3S2.HI/c1-17-16(19-13-14-5-3-4-6-15(14)23-2)18-7-12-25(21,22)20-8-10-24-11-9-20;/h3-6H,7-13H2,1-2H3,(H2,17,18,19);1H. The Balaban J connectivity index is 0.00000338. The maximum atomic E-state index is 12.3. The van der Waals surface area contributed by atoms with E-state index in [1.807, 2.05) is 24.3 Å². The van der Waals surface area contributed by atoms with E-state index in [1.54, 1.807) is 30.2 Å². The summed E-state index contributed by atoms with van der Waals surface area (Å²) < 4.78 is 31.5. The number of ether oxygens (including phenoxy) is 1. The van der Waals surface area contributed by atoms with Crippen LogP contribution < -0.4 is 15.4 Å². The van der Waals surface area contributed by atoms with Crippen LogP contribution in [0.25, 0.3) is 0 Å². The zero-order valence-electron chi connectivity index (χ0n) is 15.1. The lowest BCUT2D eigenvalue weighted by Crippen LogP contribution is -2.44. The fraction of sp³-hybridized carbons (Fsp3) is 0.562. The number of halogens is 1. The van der Waals surface area contributed by atoms with Crippen LogP contribution in [0.2, 0.25) is 0 Å². The number of nitrogens with one attached hydrogen (secondary N) is 2. The van der Waals surface area contributed by atoms with Gasteiger partial charge < -0.3 is 15.4 Å². The third kappa shape index (κ3) is 7.12. The fourth-order valence-corrected chi connectivity index (χ4v) is 4.99. The molecule has 0 spiro atoms. The van der Waals surface area contributed by atoms with Gasteiger partial charge in [-0.15, -0.1) is 24.0 Å². The van der Waals surface area contributed by atoms with Gasteiger partial charge in [-0.25, -0.2) is 12.7 Å². The van der Waals surface area contributed by atoms with Crippen molar-refractivity contribution in [2.24, 2.45) is 4.99 Å². The summed E-state index contributed by atoms with van der Waals surface area (Å²) in [6, 6.07) is 7.73. The van der Waals surface area contributed by atoms with Gasteiger partial charge in [-0.3, -0.25) is 4.99 Å². The van der Waals surface area contributed by atoms with Gasteiger partial charge in [0.2, 0.25) is 10.0 Å². The van der Waals surface area contributed by atoms with E-state index in [0.717, 1.165) is 22.8 Å². The first-order chi connectivity index (χ1) is 12.1. The van der Waals surface area contributed by atoms with Crippen LogP contribution in [0.4, 0.5) is 0 Å². The van der Waals surface area contributed by atoms with Crippen LogP contribution in [0.5, 0.6) is 5.75 Å². The van der Waals surface area contributed by atoms with Crippen LogP contribution in [0.15, 0.2) is 29.3 Å². The molecule has 1 aromatic carbocycles. The minimum Gasteiger partial charge on any atom is -0.496 e. The molecule has 2 N–H and O–H groups in total. The minimum atomic E-state index is -3.21. The van der Waals surface area contributed by atoms with E-state index in [4.69, 9.17) is 4.74 Å². The Labute approximate surface area is 177 Å². The van der Waals surface area contributed by atoms with Crippen LogP contribution in [-0.4, -0.2) is 69.7 Å². The van der Waals surface area contributed by atoms with Gasteiger partial charge in [-0.05, 0) is 6.07 Å². The number of hydrogen-bond acceptors (Lipinski definition) is 5. The Morgan fingerprint density at radius 3 is 2.62 bits per heavy atom. The molecule has 1 aliphatic rings. The van der Waals surface area contributed by atoms with Gasteiger partial charge in [0.1, 0.15) is 5.75 Å². The number of methoxy groups -OCH3 is 1. The number of para-hydroxylation sites is 1. The van der Waals surface area contributed by atoms with Crippen molar-refractivity contribution in [2.45, 2.75) is 6.54 Å². The highest BCUT2D eigenvalue weighted by molar-refractivity contribution is 14.0. The second kappa shape index (κ2) is 11.9. The van der Waals surface area contributed by atoms with Crippen molar-refractivity contribution < 1.29 is 13.2 Å². The van der Waals surface area contributed by atoms with Gasteiger partial charge in [-0.2, -0.15) is 11.8 Å². The number of hydrogen-bond donors (Lipinski definition) is 2. The summed E-state index contributed by atoms with van der Waals surface area (Å²) in [4.78, 5) is 4.13. The highest BCUT2D eigenvalue weighted by Gasteiger charge is 2.23. The molecule has 0 bridgehead atoms. The molecule has 7 nitrogen and oxygen atoms in total. The smallest absolute Gasteiger partial charge is 0.215 e. The summed E-state index contributed by atoms with van der Waals surface area (Å²) in [5.41, 5.74) is 1.01. The van der Waals surface area contributed by atoms with E-state index in [2.05, 4.69) is 15.6 Å². The predicted molar refractivity (Wildman–Crippen MR) is 119 cm³/mol. The average Bonchev–Trinajstić information content (AvgIpc) is 2.65. The number of nitrogens with zero attached hydrogens (tertiary/aromatic N) is 2. The van der Waals surface area contributed by atoms with E-state index in [-0.39, 0.29) is 29.7 Å². The van der Waals surface area contributed by atoms with Crippen molar-refractivity contribution in [3.05, 3.63) is 29.8 Å². The Bertz CT molecular complexity index is 680. The minimum absolute atomic E-state index is 0. The first kappa shape index (κ1) is 23.3. The first-order valence-corrected chi connectivity index (χ1v) is 10.9. The van der Waals surface area contributed by atoms with Crippen LogP contribution >= 0.6 is 35.7 Å². The summed E-state index contributed by atoms with van der Waals surface area (Å²) >= 11 is 1.79. The van der Waals surface area contributed by atoms with E-state index in [0.29, 0.717) is 32.1 Å². The molecule has 1 aromatic rings. The van der Waals surface area contributed by atoms with Crippen molar-refractivity contribution in [3.8, 4) is 5.75 Å². The number of thioether (sulfide) groups is 1. The second-order valence-electron chi connectivity index (χ2n) is 5.49. The molecule has 0 radical (unpaired) electrons. The lowest BCUT2D eigenvalue weighted by Gasteiger charge is -2.25. The maximum Gasteiger partial charge on any atom is 0.215 e. The number of sulfonamides is 1. The molecule has 0 unspecified atom stereocenters. The molecule has 1 saturated heterocycles. The van der Waals surface area contributed by atoms with Gasteiger partial charge >= 0.3 is 0 Å². The molecule has 26 heavy (non-hydrogen) atoms. The zero-order valence-corrected chi connectivity index (χ0v) is 19.1. The van der Waals surface area contributed by atoms with Gasteiger partial charge in [-0.1, -0.05) is 18.2 Å². The normalized spacial score (nSPS) is 15.8. The average molecular weight is 514 g/mol. The van der Waals surface area contributed by atoms with E-state index < -0.39 is 10.0 Å². The Morgan fingerprint density at radius 1 is 1.27 bits per heavy atom. The quantitative estimate of drug-likeness (QED) is 0.325. The van der Waals surface area contributed by atoms with Crippen molar-refractivity contribution in [3.63, 3.8) is 0 Å². The van der Waals surface area contributed by atoms with Crippen molar-refractivity contribution in [1.29, 1.82) is 0 Å². The molecule has 0 amide bonds. The number of benzene rings is 1. The van der Waals surface area contributed by atoms with Crippen molar-refractivity contribution >= 4 is 51.7 Å². The highest BCUT2D eigenvalue weighted by Crippen LogP contribution is 2.16. The summed E-state index contributed by atoms with van der Waals surface area (Å²) in [5, 5.41) is 6.23. The van der Waals surface area contributed by atoms with Gasteiger partial charge in [0.25, 0.3) is 0 Å². The summed E-state index contributed by atoms with van der Waals surface area (Å²) in [5.74, 6) is 3.17. The summed E-state index contributed by atoms with van der Waals surface area (Å²) in [6.07, 6.45) is 0. The van der Waals surface area contributed by atoms with Gasteiger partial charge in [0.05, 0.1) is 12.9 Å². The topological polar surface area (TPSA) is 83.0 Å². The third-order valence-corrected chi connectivity index (χ3v) is 6.69. The molecular weight excluding hydrogens is 487 g/mol. The van der Waals surface area contributed by atoms with Gasteiger partial charge in [0.15, 0.2) is 5.96 Å².